The first-order chi connectivity index (χ1) is 15.5. The summed E-state index contributed by atoms with van der Waals surface area (Å²) >= 11 is 0. The highest BCUT2D eigenvalue weighted by atomic mass is 19.1. The smallest absolute Gasteiger partial charge is 0.250 e. The zero-order chi connectivity index (χ0) is 22.2. The van der Waals surface area contributed by atoms with Gasteiger partial charge in [-0.1, -0.05) is 19.6 Å². The molecule has 8 heteroatoms. The van der Waals surface area contributed by atoms with Gasteiger partial charge in [0.05, 0.1) is 18.9 Å². The lowest BCUT2D eigenvalue weighted by Gasteiger charge is -2.40. The van der Waals surface area contributed by atoms with E-state index in [4.69, 9.17) is 4.98 Å². The van der Waals surface area contributed by atoms with Crippen LogP contribution in [0.25, 0.3) is 0 Å². The van der Waals surface area contributed by atoms with Crippen LogP contribution in [0.1, 0.15) is 51.1 Å². The molecule has 5 rings (SSSR count). The monoisotopic (exact) mass is 450 g/mol. The average molecular weight is 451 g/mol. The fourth-order valence-electron chi connectivity index (χ4n) is 4.65. The Morgan fingerprint density at radius 2 is 1.91 bits per heavy atom. The second-order valence-corrected chi connectivity index (χ2v) is 8.82. The molecule has 0 spiro atoms. The van der Waals surface area contributed by atoms with Gasteiger partial charge in [-0.3, -0.25) is 9.48 Å². The molecule has 0 aliphatic carbocycles. The second-order valence-electron chi connectivity index (χ2n) is 8.82. The Morgan fingerprint density at radius 1 is 1.12 bits per heavy atom. The number of anilines is 2. The van der Waals surface area contributed by atoms with E-state index < -0.39 is 0 Å². The molecule has 1 saturated heterocycles. The highest BCUT2D eigenvalue weighted by molar-refractivity contribution is 6.05. The Labute approximate surface area is 194 Å². The lowest BCUT2D eigenvalue weighted by atomic mass is 10.1. The molecule has 1 atom stereocenters. The summed E-state index contributed by atoms with van der Waals surface area (Å²) < 4.78 is 15.0. The first-order valence-corrected chi connectivity index (χ1v) is 11.2. The average Bonchev–Trinajstić information content (AvgIpc) is 3.44. The predicted molar refractivity (Wildman–Crippen MR) is 127 cm³/mol. The van der Waals surface area contributed by atoms with E-state index in [-0.39, 0.29) is 31.2 Å². The highest BCUT2D eigenvalue weighted by Crippen LogP contribution is 2.39. The molecular weight excluding hydrogens is 419 g/mol. The number of hydrogen-bond acceptors (Lipinski definition) is 5. The molecule has 174 valence electrons. The minimum atomic E-state index is -0.235. The summed E-state index contributed by atoms with van der Waals surface area (Å²) in [6.45, 7) is 5.53. The standard InChI is InChI=1S/C24H27FN6O.CH4/c1-16(2)31-21-13-26-22(28-23(21)30-11-3-4-20(30)24(31)32)10-7-18-12-27-29(15-18)14-17-5-8-19(25)9-6-17;/h5-6,8-9,12-13,15-16,20H,3-4,7,10-11,14H2,1-2H3;1H4/t20-;/m0./s1. The van der Waals surface area contributed by atoms with Crippen molar-refractivity contribution in [2.24, 2.45) is 0 Å². The molecule has 4 heterocycles. The van der Waals surface area contributed by atoms with E-state index in [1.54, 1.807) is 12.1 Å². The molecule has 2 aliphatic heterocycles. The van der Waals surface area contributed by atoms with Crippen LogP contribution < -0.4 is 9.80 Å². The third kappa shape index (κ3) is 4.47. The van der Waals surface area contributed by atoms with E-state index in [2.05, 4.69) is 15.0 Å². The van der Waals surface area contributed by atoms with Gasteiger partial charge >= 0.3 is 0 Å². The minimum absolute atomic E-state index is 0. The molecule has 1 amide bonds. The van der Waals surface area contributed by atoms with Gasteiger partial charge < -0.3 is 9.80 Å². The van der Waals surface area contributed by atoms with E-state index in [0.29, 0.717) is 13.0 Å². The molecule has 0 N–H and O–H groups in total. The van der Waals surface area contributed by atoms with Crippen LogP contribution in [0.4, 0.5) is 15.9 Å². The fourth-order valence-corrected chi connectivity index (χ4v) is 4.65. The molecule has 3 aromatic rings. The number of nitrogens with zero attached hydrogens (tertiary/aromatic N) is 6. The number of rotatable bonds is 6. The molecule has 0 saturated carbocycles. The number of carbonyl (C=O) groups is 1. The molecule has 33 heavy (non-hydrogen) atoms. The number of carbonyl (C=O) groups excluding carboxylic acids is 1. The van der Waals surface area contributed by atoms with Crippen LogP contribution in [0, 0.1) is 5.82 Å². The van der Waals surface area contributed by atoms with Gasteiger partial charge in [0.1, 0.15) is 23.4 Å². The fraction of sp³-hybridized carbons (Fsp3) is 0.440. The van der Waals surface area contributed by atoms with Crippen molar-refractivity contribution in [1.82, 2.24) is 19.7 Å². The van der Waals surface area contributed by atoms with Crippen molar-refractivity contribution in [3.05, 3.63) is 65.6 Å². The van der Waals surface area contributed by atoms with Crippen molar-refractivity contribution in [3.8, 4) is 0 Å². The number of amides is 1. The van der Waals surface area contributed by atoms with E-state index >= 15 is 0 Å². The third-order valence-corrected chi connectivity index (χ3v) is 6.21. The number of aryl methyl sites for hydroxylation is 2. The summed E-state index contributed by atoms with van der Waals surface area (Å²) in [6, 6.07) is 6.45. The van der Waals surface area contributed by atoms with Crippen LogP contribution in [-0.2, 0) is 24.2 Å². The maximum absolute atomic E-state index is 13.1. The van der Waals surface area contributed by atoms with Gasteiger partial charge in [-0.15, -0.1) is 0 Å². The summed E-state index contributed by atoms with van der Waals surface area (Å²) in [5, 5.41) is 4.43. The van der Waals surface area contributed by atoms with E-state index in [1.807, 2.05) is 42.0 Å². The van der Waals surface area contributed by atoms with Crippen molar-refractivity contribution >= 4 is 17.4 Å². The molecular formula is C25H31FN6O. The summed E-state index contributed by atoms with van der Waals surface area (Å²) in [4.78, 5) is 26.4. The quantitative estimate of drug-likeness (QED) is 0.568. The van der Waals surface area contributed by atoms with Crippen molar-refractivity contribution in [2.75, 3.05) is 16.3 Å². The molecule has 0 unspecified atom stereocenters. The van der Waals surface area contributed by atoms with Crippen LogP contribution in [0.3, 0.4) is 0 Å². The Balaban J connectivity index is 0.00000259. The summed E-state index contributed by atoms with van der Waals surface area (Å²) in [6.07, 6.45) is 9.04. The van der Waals surface area contributed by atoms with Crippen LogP contribution >= 0.6 is 0 Å². The van der Waals surface area contributed by atoms with Crippen LogP contribution in [0.5, 0.6) is 0 Å². The first kappa shape index (κ1) is 22.9. The predicted octanol–water partition coefficient (Wildman–Crippen LogP) is 4.01. The number of fused-ring (bicyclic) bond motifs is 3. The van der Waals surface area contributed by atoms with Crippen LogP contribution in [0.2, 0.25) is 0 Å². The molecule has 0 bridgehead atoms. The maximum Gasteiger partial charge on any atom is 0.250 e. The van der Waals surface area contributed by atoms with Gasteiger partial charge in [-0.25, -0.2) is 14.4 Å². The Bertz CT molecular complexity index is 1130. The summed E-state index contributed by atoms with van der Waals surface area (Å²) in [7, 11) is 0. The Morgan fingerprint density at radius 3 is 2.67 bits per heavy atom. The third-order valence-electron chi connectivity index (χ3n) is 6.21. The van der Waals surface area contributed by atoms with Crippen LogP contribution in [0.15, 0.2) is 42.9 Å². The molecule has 1 fully saturated rings. The number of hydrogen-bond donors (Lipinski definition) is 0. The van der Waals surface area contributed by atoms with Crippen molar-refractivity contribution in [2.45, 2.75) is 65.6 Å². The zero-order valence-electron chi connectivity index (χ0n) is 18.4. The normalized spacial score (nSPS) is 17.2. The van der Waals surface area contributed by atoms with Crippen LogP contribution in [-0.4, -0.2) is 44.3 Å². The highest BCUT2D eigenvalue weighted by Gasteiger charge is 2.42. The maximum atomic E-state index is 13.1. The van der Waals surface area contributed by atoms with Crippen molar-refractivity contribution in [1.29, 1.82) is 0 Å². The summed E-state index contributed by atoms with van der Waals surface area (Å²) in [5.74, 6) is 1.59. The van der Waals surface area contributed by atoms with Gasteiger partial charge in [0.25, 0.3) is 0 Å². The zero-order valence-corrected chi connectivity index (χ0v) is 18.4. The molecule has 2 aliphatic rings. The van der Waals surface area contributed by atoms with Gasteiger partial charge in [0.15, 0.2) is 5.82 Å². The minimum Gasteiger partial charge on any atom is -0.343 e. The van der Waals surface area contributed by atoms with Gasteiger partial charge in [-0.2, -0.15) is 5.10 Å². The topological polar surface area (TPSA) is 67.2 Å². The first-order valence-electron chi connectivity index (χ1n) is 11.2. The molecule has 0 radical (unpaired) electrons. The SMILES string of the molecule is C.CC(C)N1C(=O)[C@@H]2CCCN2c2nc(CCc3cnn(Cc4ccc(F)cc4)c3)ncc21. The number of aromatic nitrogens is 4. The van der Waals surface area contributed by atoms with Gasteiger partial charge in [-0.05, 0) is 56.4 Å². The van der Waals surface area contributed by atoms with E-state index in [0.717, 1.165) is 54.3 Å². The molecule has 2 aromatic heterocycles. The van der Waals surface area contributed by atoms with E-state index in [9.17, 15) is 9.18 Å². The number of benzene rings is 1. The summed E-state index contributed by atoms with van der Waals surface area (Å²) in [5.41, 5.74) is 2.92. The van der Waals surface area contributed by atoms with Crippen molar-refractivity contribution < 1.29 is 9.18 Å². The lowest BCUT2D eigenvalue weighted by molar-refractivity contribution is -0.120. The lowest BCUT2D eigenvalue weighted by Crippen LogP contribution is -2.53. The molecule has 1 aromatic carbocycles. The Hall–Kier alpha value is -3.29. The number of halogens is 1. The van der Waals surface area contributed by atoms with Gasteiger partial charge in [0.2, 0.25) is 5.91 Å². The Kier molecular flexibility index (Phi) is 6.44. The van der Waals surface area contributed by atoms with Gasteiger partial charge in [0, 0.05) is 25.2 Å². The van der Waals surface area contributed by atoms with E-state index in [1.165, 1.54) is 12.1 Å². The van der Waals surface area contributed by atoms with Crippen molar-refractivity contribution in [3.63, 3.8) is 0 Å². The largest absolute Gasteiger partial charge is 0.343 e. The second kappa shape index (κ2) is 9.29. The molecule has 7 nitrogen and oxygen atoms in total.